The normalized spacial score (nSPS) is 10.7. The zero-order chi connectivity index (χ0) is 18.6. The van der Waals surface area contributed by atoms with Crippen LogP contribution in [-0.2, 0) is 6.54 Å². The maximum atomic E-state index is 11.8. The number of rotatable bonds is 9. The van der Waals surface area contributed by atoms with Gasteiger partial charge in [-0.05, 0) is 32.0 Å². The van der Waals surface area contributed by atoms with Gasteiger partial charge in [-0.25, -0.2) is 4.99 Å². The third-order valence-corrected chi connectivity index (χ3v) is 3.47. The van der Waals surface area contributed by atoms with E-state index in [2.05, 4.69) is 20.9 Å². The fourth-order valence-electron chi connectivity index (χ4n) is 2.29. The Bertz CT molecular complexity index is 705. The van der Waals surface area contributed by atoms with Crippen LogP contribution in [0.4, 0.5) is 0 Å². The summed E-state index contributed by atoms with van der Waals surface area (Å²) in [6.45, 7) is 6.84. The molecule has 0 aliphatic rings. The van der Waals surface area contributed by atoms with Crippen LogP contribution in [0.2, 0.25) is 0 Å². The van der Waals surface area contributed by atoms with Crippen molar-refractivity contribution >= 4 is 35.8 Å². The molecule has 1 heterocycles. The summed E-state index contributed by atoms with van der Waals surface area (Å²) in [5.74, 6) is 1.61. The second-order valence-corrected chi connectivity index (χ2v) is 5.40. The van der Waals surface area contributed by atoms with E-state index in [0.717, 1.165) is 17.9 Å². The van der Waals surface area contributed by atoms with E-state index in [9.17, 15) is 4.79 Å². The van der Waals surface area contributed by atoms with Crippen LogP contribution in [0.3, 0.4) is 0 Å². The number of hydrogen-bond donors (Lipinski definition) is 3. The molecule has 8 heteroatoms. The maximum Gasteiger partial charge on any atom is 0.287 e. The number of benzene rings is 1. The molecular formula is C19H27IN4O3. The van der Waals surface area contributed by atoms with Gasteiger partial charge in [-0.3, -0.25) is 4.79 Å². The molecule has 7 nitrogen and oxygen atoms in total. The number of guanidine groups is 1. The lowest BCUT2D eigenvalue weighted by molar-refractivity contribution is 0.0926. The molecule has 1 aromatic heterocycles. The first-order valence-corrected chi connectivity index (χ1v) is 8.79. The predicted molar refractivity (Wildman–Crippen MR) is 117 cm³/mol. The standard InChI is InChI=1S/C19H26N4O3.HI/c1-3-20-19(22-12-11-21-18(24)17-10-7-13-26-17)23-14-15-8-5-6-9-16(15)25-4-2;/h5-10,13H,3-4,11-12,14H2,1-2H3,(H,21,24)(H2,20,22,23);1H. The average Bonchev–Trinajstić information content (AvgIpc) is 3.19. The van der Waals surface area contributed by atoms with Crippen LogP contribution in [0.5, 0.6) is 5.75 Å². The number of halogens is 1. The van der Waals surface area contributed by atoms with E-state index in [1.807, 2.05) is 38.1 Å². The molecular weight excluding hydrogens is 459 g/mol. The highest BCUT2D eigenvalue weighted by atomic mass is 127. The Morgan fingerprint density at radius 1 is 1.07 bits per heavy atom. The second-order valence-electron chi connectivity index (χ2n) is 5.40. The van der Waals surface area contributed by atoms with Crippen LogP contribution in [-0.4, -0.2) is 38.1 Å². The first-order valence-electron chi connectivity index (χ1n) is 8.79. The fraction of sp³-hybridized carbons (Fsp3) is 0.368. The number of carbonyl (C=O) groups is 1. The highest BCUT2D eigenvalue weighted by Crippen LogP contribution is 2.18. The van der Waals surface area contributed by atoms with Gasteiger partial charge in [0.1, 0.15) is 5.75 Å². The molecule has 0 saturated carbocycles. The Morgan fingerprint density at radius 3 is 2.56 bits per heavy atom. The number of carbonyl (C=O) groups excluding carboxylic acids is 1. The second kappa shape index (κ2) is 13.0. The van der Waals surface area contributed by atoms with Crippen LogP contribution in [0, 0.1) is 0 Å². The zero-order valence-corrected chi connectivity index (χ0v) is 18.0. The van der Waals surface area contributed by atoms with Gasteiger partial charge >= 0.3 is 0 Å². The van der Waals surface area contributed by atoms with E-state index in [1.165, 1.54) is 6.26 Å². The smallest absolute Gasteiger partial charge is 0.287 e. The molecule has 1 aromatic carbocycles. The van der Waals surface area contributed by atoms with Gasteiger partial charge in [0.2, 0.25) is 0 Å². The highest BCUT2D eigenvalue weighted by molar-refractivity contribution is 14.0. The van der Waals surface area contributed by atoms with E-state index >= 15 is 0 Å². The van der Waals surface area contributed by atoms with E-state index in [0.29, 0.717) is 38.0 Å². The SMILES string of the molecule is CCNC(=NCc1ccccc1OCC)NCCNC(=O)c1ccco1.I. The van der Waals surface area contributed by atoms with Crippen LogP contribution in [0.1, 0.15) is 30.0 Å². The monoisotopic (exact) mass is 486 g/mol. The number of ether oxygens (including phenoxy) is 1. The van der Waals surface area contributed by atoms with Crippen molar-refractivity contribution in [3.05, 3.63) is 54.0 Å². The zero-order valence-electron chi connectivity index (χ0n) is 15.7. The minimum atomic E-state index is -0.232. The Hall–Kier alpha value is -2.23. The highest BCUT2D eigenvalue weighted by Gasteiger charge is 2.07. The number of amides is 1. The van der Waals surface area contributed by atoms with Crippen molar-refractivity contribution in [3.8, 4) is 5.75 Å². The molecule has 2 aromatic rings. The van der Waals surface area contributed by atoms with Gasteiger partial charge in [-0.2, -0.15) is 0 Å². The quantitative estimate of drug-likeness (QED) is 0.220. The maximum absolute atomic E-state index is 11.8. The number of nitrogens with zero attached hydrogens (tertiary/aromatic N) is 1. The number of aliphatic imine (C=N–C) groups is 1. The first kappa shape index (κ1) is 22.8. The van der Waals surface area contributed by atoms with Crippen molar-refractivity contribution in [1.29, 1.82) is 0 Å². The molecule has 27 heavy (non-hydrogen) atoms. The topological polar surface area (TPSA) is 87.9 Å². The largest absolute Gasteiger partial charge is 0.494 e. The van der Waals surface area contributed by atoms with Crippen molar-refractivity contribution in [3.63, 3.8) is 0 Å². The summed E-state index contributed by atoms with van der Waals surface area (Å²) in [6, 6.07) is 11.2. The van der Waals surface area contributed by atoms with Gasteiger partial charge in [0.25, 0.3) is 5.91 Å². The van der Waals surface area contributed by atoms with Gasteiger partial charge in [-0.1, -0.05) is 18.2 Å². The third-order valence-electron chi connectivity index (χ3n) is 3.47. The molecule has 0 radical (unpaired) electrons. The molecule has 3 N–H and O–H groups in total. The summed E-state index contributed by atoms with van der Waals surface area (Å²) >= 11 is 0. The van der Waals surface area contributed by atoms with E-state index in [4.69, 9.17) is 9.15 Å². The van der Waals surface area contributed by atoms with Gasteiger partial charge in [0.15, 0.2) is 11.7 Å². The lowest BCUT2D eigenvalue weighted by Gasteiger charge is -2.13. The Labute approximate surface area is 177 Å². The summed E-state index contributed by atoms with van der Waals surface area (Å²) in [5.41, 5.74) is 1.03. The average molecular weight is 486 g/mol. The molecule has 148 valence electrons. The van der Waals surface area contributed by atoms with Crippen LogP contribution in [0.25, 0.3) is 0 Å². The lowest BCUT2D eigenvalue weighted by Crippen LogP contribution is -2.41. The Morgan fingerprint density at radius 2 is 1.85 bits per heavy atom. The molecule has 0 aliphatic heterocycles. The molecule has 1 amide bonds. The van der Waals surface area contributed by atoms with Crippen molar-refractivity contribution < 1.29 is 13.9 Å². The molecule has 0 fully saturated rings. The fourth-order valence-corrected chi connectivity index (χ4v) is 2.29. The number of furan rings is 1. The molecule has 0 bridgehead atoms. The van der Waals surface area contributed by atoms with E-state index in [-0.39, 0.29) is 29.9 Å². The molecule has 0 unspecified atom stereocenters. The van der Waals surface area contributed by atoms with Gasteiger partial charge in [-0.15, -0.1) is 24.0 Å². The summed E-state index contributed by atoms with van der Waals surface area (Å²) in [6.07, 6.45) is 1.48. The summed E-state index contributed by atoms with van der Waals surface area (Å²) in [4.78, 5) is 16.4. The number of para-hydroxylation sites is 1. The van der Waals surface area contributed by atoms with Crippen molar-refractivity contribution in [2.45, 2.75) is 20.4 Å². The van der Waals surface area contributed by atoms with Gasteiger partial charge < -0.3 is 25.1 Å². The number of hydrogen-bond acceptors (Lipinski definition) is 4. The Kier molecular flexibility index (Phi) is 11.0. The minimum Gasteiger partial charge on any atom is -0.494 e. The first-order chi connectivity index (χ1) is 12.7. The minimum absolute atomic E-state index is 0. The van der Waals surface area contributed by atoms with Crippen molar-refractivity contribution in [2.24, 2.45) is 4.99 Å². The van der Waals surface area contributed by atoms with E-state index < -0.39 is 0 Å². The molecule has 2 rings (SSSR count). The van der Waals surface area contributed by atoms with E-state index in [1.54, 1.807) is 12.1 Å². The van der Waals surface area contributed by atoms with Crippen molar-refractivity contribution in [2.75, 3.05) is 26.2 Å². The van der Waals surface area contributed by atoms with Gasteiger partial charge in [0.05, 0.1) is 19.4 Å². The molecule has 0 spiro atoms. The van der Waals surface area contributed by atoms with Crippen molar-refractivity contribution in [1.82, 2.24) is 16.0 Å². The Balaban J connectivity index is 0.00000364. The van der Waals surface area contributed by atoms with Crippen LogP contribution >= 0.6 is 24.0 Å². The number of nitrogens with one attached hydrogen (secondary N) is 3. The summed E-state index contributed by atoms with van der Waals surface area (Å²) in [5, 5.41) is 9.17. The molecule has 0 aliphatic carbocycles. The predicted octanol–water partition coefficient (Wildman–Crippen LogP) is 2.78. The molecule has 0 atom stereocenters. The molecule has 0 saturated heterocycles. The summed E-state index contributed by atoms with van der Waals surface area (Å²) < 4.78 is 10.7. The van der Waals surface area contributed by atoms with Crippen LogP contribution < -0.4 is 20.7 Å². The van der Waals surface area contributed by atoms with Gasteiger partial charge in [0, 0.05) is 25.2 Å². The summed E-state index contributed by atoms with van der Waals surface area (Å²) in [7, 11) is 0. The third kappa shape index (κ3) is 7.90. The lowest BCUT2D eigenvalue weighted by atomic mass is 10.2. The van der Waals surface area contributed by atoms with Crippen LogP contribution in [0.15, 0.2) is 52.1 Å².